The highest BCUT2D eigenvalue weighted by atomic mass is 15.3. The zero-order valence-corrected chi connectivity index (χ0v) is 13.8. The Labute approximate surface area is 128 Å². The average molecular weight is 291 g/mol. The molecular formula is C16H29N5. The lowest BCUT2D eigenvalue weighted by atomic mass is 9.95. The molecule has 1 aromatic heterocycles. The van der Waals surface area contributed by atoms with E-state index >= 15 is 0 Å². The van der Waals surface area contributed by atoms with Crippen molar-refractivity contribution >= 4 is 11.5 Å². The van der Waals surface area contributed by atoms with Gasteiger partial charge in [0.2, 0.25) is 0 Å². The summed E-state index contributed by atoms with van der Waals surface area (Å²) in [4.78, 5) is 2.33. The molecular weight excluding hydrogens is 262 g/mol. The summed E-state index contributed by atoms with van der Waals surface area (Å²) in [5.74, 6) is 2.34. The summed E-state index contributed by atoms with van der Waals surface area (Å²) in [5.41, 5.74) is 1.16. The number of hydrogen-bond donors (Lipinski definition) is 2. The second-order valence-electron chi connectivity index (χ2n) is 6.47. The van der Waals surface area contributed by atoms with Crippen molar-refractivity contribution in [3.63, 3.8) is 0 Å². The maximum Gasteiger partial charge on any atom is 0.150 e. The van der Waals surface area contributed by atoms with E-state index in [1.807, 2.05) is 13.2 Å². The predicted molar refractivity (Wildman–Crippen MR) is 88.8 cm³/mol. The van der Waals surface area contributed by atoms with Gasteiger partial charge in [-0.25, -0.2) is 0 Å². The van der Waals surface area contributed by atoms with Crippen molar-refractivity contribution in [3.8, 4) is 0 Å². The van der Waals surface area contributed by atoms with E-state index in [2.05, 4.69) is 52.6 Å². The molecule has 1 saturated heterocycles. The van der Waals surface area contributed by atoms with Crippen LogP contribution in [0, 0.1) is 11.8 Å². The molecule has 5 heteroatoms. The SMILES string of the molecule is CCC(CNc1cc(N2CC(NC)C2)cnn1)CC(C)C. The molecule has 1 aliphatic heterocycles. The van der Waals surface area contributed by atoms with Gasteiger partial charge in [-0.15, -0.1) is 5.10 Å². The van der Waals surface area contributed by atoms with Crippen LogP contribution in [0.2, 0.25) is 0 Å². The van der Waals surface area contributed by atoms with E-state index in [1.54, 1.807) is 0 Å². The average Bonchev–Trinajstić information content (AvgIpc) is 2.42. The van der Waals surface area contributed by atoms with Gasteiger partial charge in [0.15, 0.2) is 5.82 Å². The first-order chi connectivity index (χ1) is 10.1. The van der Waals surface area contributed by atoms with Crippen LogP contribution in [-0.4, -0.2) is 42.9 Å². The number of aromatic nitrogens is 2. The Kier molecular flexibility index (Phi) is 5.79. The minimum atomic E-state index is 0.602. The molecule has 1 aromatic rings. The maximum atomic E-state index is 4.20. The summed E-state index contributed by atoms with van der Waals surface area (Å²) < 4.78 is 0. The summed E-state index contributed by atoms with van der Waals surface area (Å²) in [7, 11) is 2.01. The Morgan fingerprint density at radius 1 is 1.38 bits per heavy atom. The van der Waals surface area contributed by atoms with Gasteiger partial charge in [-0.2, -0.15) is 5.10 Å². The normalized spacial score (nSPS) is 16.9. The molecule has 1 atom stereocenters. The zero-order valence-electron chi connectivity index (χ0n) is 13.8. The summed E-state index contributed by atoms with van der Waals surface area (Å²) in [6.45, 7) is 9.90. The van der Waals surface area contributed by atoms with Crippen molar-refractivity contribution in [3.05, 3.63) is 12.3 Å². The second-order valence-corrected chi connectivity index (χ2v) is 6.47. The Hall–Kier alpha value is -1.36. The number of nitrogens with zero attached hydrogens (tertiary/aromatic N) is 3. The van der Waals surface area contributed by atoms with Crippen LogP contribution in [0.4, 0.5) is 11.5 Å². The minimum Gasteiger partial charge on any atom is -0.368 e. The van der Waals surface area contributed by atoms with Gasteiger partial charge in [-0.05, 0) is 25.3 Å². The van der Waals surface area contributed by atoms with Gasteiger partial charge in [0.1, 0.15) is 0 Å². The Balaban J connectivity index is 1.86. The molecule has 1 fully saturated rings. The van der Waals surface area contributed by atoms with Crippen molar-refractivity contribution in [1.29, 1.82) is 0 Å². The lowest BCUT2D eigenvalue weighted by Crippen LogP contribution is -2.57. The smallest absolute Gasteiger partial charge is 0.150 e. The molecule has 0 saturated carbocycles. The predicted octanol–water partition coefficient (Wildman–Crippen LogP) is 2.37. The van der Waals surface area contributed by atoms with E-state index in [9.17, 15) is 0 Å². The molecule has 1 aliphatic rings. The quantitative estimate of drug-likeness (QED) is 0.770. The molecule has 118 valence electrons. The van der Waals surface area contributed by atoms with E-state index in [0.717, 1.165) is 37.1 Å². The van der Waals surface area contributed by atoms with Crippen LogP contribution in [0.25, 0.3) is 0 Å². The molecule has 2 N–H and O–H groups in total. The van der Waals surface area contributed by atoms with Gasteiger partial charge in [-0.1, -0.05) is 27.2 Å². The van der Waals surface area contributed by atoms with Gasteiger partial charge < -0.3 is 15.5 Å². The molecule has 0 bridgehead atoms. The van der Waals surface area contributed by atoms with Crippen molar-refractivity contribution in [2.75, 3.05) is 36.9 Å². The van der Waals surface area contributed by atoms with Crippen LogP contribution in [-0.2, 0) is 0 Å². The number of anilines is 2. The van der Waals surface area contributed by atoms with Gasteiger partial charge >= 0.3 is 0 Å². The molecule has 0 aromatic carbocycles. The molecule has 0 radical (unpaired) electrons. The molecule has 5 nitrogen and oxygen atoms in total. The van der Waals surface area contributed by atoms with Crippen LogP contribution in [0.5, 0.6) is 0 Å². The van der Waals surface area contributed by atoms with Crippen molar-refractivity contribution in [2.24, 2.45) is 11.8 Å². The second kappa shape index (κ2) is 7.59. The van der Waals surface area contributed by atoms with E-state index in [0.29, 0.717) is 12.0 Å². The van der Waals surface area contributed by atoms with Crippen molar-refractivity contribution < 1.29 is 0 Å². The third-order valence-electron chi connectivity index (χ3n) is 4.25. The first-order valence-electron chi connectivity index (χ1n) is 8.11. The largest absolute Gasteiger partial charge is 0.368 e. The lowest BCUT2D eigenvalue weighted by Gasteiger charge is -2.40. The summed E-state index contributed by atoms with van der Waals surface area (Å²) >= 11 is 0. The molecule has 0 amide bonds. The number of rotatable bonds is 8. The van der Waals surface area contributed by atoms with Crippen LogP contribution < -0.4 is 15.5 Å². The van der Waals surface area contributed by atoms with Crippen LogP contribution in [0.1, 0.15) is 33.6 Å². The van der Waals surface area contributed by atoms with Gasteiger partial charge in [0.25, 0.3) is 0 Å². The topological polar surface area (TPSA) is 53.1 Å². The first kappa shape index (κ1) is 16.0. The highest BCUT2D eigenvalue weighted by Crippen LogP contribution is 2.22. The summed E-state index contributed by atoms with van der Waals surface area (Å²) in [5, 5.41) is 15.1. The molecule has 0 spiro atoms. The third-order valence-corrected chi connectivity index (χ3v) is 4.25. The van der Waals surface area contributed by atoms with Gasteiger partial charge in [-0.3, -0.25) is 0 Å². The molecule has 1 unspecified atom stereocenters. The third kappa shape index (κ3) is 4.56. The first-order valence-corrected chi connectivity index (χ1v) is 8.11. The molecule has 21 heavy (non-hydrogen) atoms. The highest BCUT2D eigenvalue weighted by Gasteiger charge is 2.25. The maximum absolute atomic E-state index is 4.20. The van der Waals surface area contributed by atoms with Crippen molar-refractivity contribution in [2.45, 2.75) is 39.7 Å². The molecule has 2 heterocycles. The van der Waals surface area contributed by atoms with E-state index < -0.39 is 0 Å². The fourth-order valence-corrected chi connectivity index (χ4v) is 2.80. The lowest BCUT2D eigenvalue weighted by molar-refractivity contribution is 0.414. The molecule has 2 rings (SSSR count). The summed E-state index contributed by atoms with van der Waals surface area (Å²) in [6, 6.07) is 2.71. The van der Waals surface area contributed by atoms with Gasteiger partial charge in [0.05, 0.1) is 11.9 Å². The molecule has 0 aliphatic carbocycles. The van der Waals surface area contributed by atoms with Crippen LogP contribution >= 0.6 is 0 Å². The monoisotopic (exact) mass is 291 g/mol. The van der Waals surface area contributed by atoms with E-state index in [1.165, 1.54) is 12.8 Å². The minimum absolute atomic E-state index is 0.602. The van der Waals surface area contributed by atoms with Crippen molar-refractivity contribution in [1.82, 2.24) is 15.5 Å². The Morgan fingerprint density at radius 2 is 2.14 bits per heavy atom. The fourth-order valence-electron chi connectivity index (χ4n) is 2.80. The van der Waals surface area contributed by atoms with Crippen LogP contribution in [0.3, 0.4) is 0 Å². The Morgan fingerprint density at radius 3 is 2.76 bits per heavy atom. The summed E-state index contributed by atoms with van der Waals surface area (Å²) in [6.07, 6.45) is 4.31. The number of nitrogens with one attached hydrogen (secondary N) is 2. The van der Waals surface area contributed by atoms with Gasteiger partial charge in [0, 0.05) is 31.7 Å². The highest BCUT2D eigenvalue weighted by molar-refractivity contribution is 5.54. The fraction of sp³-hybridized carbons (Fsp3) is 0.750. The van der Waals surface area contributed by atoms with E-state index in [4.69, 9.17) is 0 Å². The number of likely N-dealkylation sites (N-methyl/N-ethyl adjacent to an activating group) is 1. The van der Waals surface area contributed by atoms with Crippen LogP contribution in [0.15, 0.2) is 12.3 Å². The number of hydrogen-bond acceptors (Lipinski definition) is 5. The standard InChI is InChI=1S/C16H29N5/c1-5-13(6-12(2)3)8-18-16-7-15(9-19-20-16)21-10-14(11-21)17-4/h7,9,12-14,17H,5-6,8,10-11H2,1-4H3,(H,18,20). The Bertz CT molecular complexity index is 428. The zero-order chi connectivity index (χ0) is 15.2. The van der Waals surface area contributed by atoms with E-state index in [-0.39, 0.29) is 0 Å².